The molecule has 0 saturated carbocycles. The van der Waals surface area contributed by atoms with Gasteiger partial charge >= 0.3 is 129 Å². The minimum absolute atomic E-state index is 0.178. The monoisotopic (exact) mass is 384 g/mol. The molecule has 0 aromatic carbocycles. The van der Waals surface area contributed by atoms with E-state index in [-0.39, 0.29) is 11.3 Å². The second kappa shape index (κ2) is 6.37. The van der Waals surface area contributed by atoms with Gasteiger partial charge in [0.1, 0.15) is 0 Å². The summed E-state index contributed by atoms with van der Waals surface area (Å²) in [5.41, 5.74) is 3.03. The molecule has 1 aromatic rings. The molecule has 0 aliphatic carbocycles. The Labute approximate surface area is 129 Å². The molecule has 117 valence electrons. The Morgan fingerprint density at radius 3 is 2.95 bits per heavy atom. The van der Waals surface area contributed by atoms with E-state index in [1.807, 2.05) is 0 Å². The number of aliphatic hydroxyl groups is 2. The van der Waals surface area contributed by atoms with Gasteiger partial charge in [-0.25, -0.2) is 0 Å². The van der Waals surface area contributed by atoms with Crippen molar-refractivity contribution in [3.8, 4) is 0 Å². The molecule has 11 heteroatoms. The van der Waals surface area contributed by atoms with Gasteiger partial charge in [-0.05, 0) is 0 Å². The molecular weight excluding hydrogens is 368 g/mol. The van der Waals surface area contributed by atoms with E-state index in [0.717, 1.165) is 0 Å². The van der Waals surface area contributed by atoms with E-state index < -0.39 is 38.1 Å². The summed E-state index contributed by atoms with van der Waals surface area (Å²) in [5.74, 6) is 0. The Bertz CT molecular complexity index is 568. The number of ether oxygens (including phenoxy) is 1. The molecule has 0 amide bonds. The van der Waals surface area contributed by atoms with Crippen LogP contribution in [0.15, 0.2) is 17.1 Å². The van der Waals surface area contributed by atoms with Crippen LogP contribution in [-0.4, -0.2) is 65.1 Å². The summed E-state index contributed by atoms with van der Waals surface area (Å²) in [6, 6.07) is 1.21. The molecule has 9 nitrogen and oxygen atoms in total. The minimum atomic E-state index is -2.08. The molecule has 1 radical (unpaired) electrons. The number of aromatic nitrogens is 2. The van der Waals surface area contributed by atoms with Crippen LogP contribution in [0, 0.1) is 0 Å². The van der Waals surface area contributed by atoms with E-state index in [1.54, 1.807) is 0 Å². The van der Waals surface area contributed by atoms with Gasteiger partial charge in [-0.3, -0.25) is 0 Å². The first-order valence-electron chi connectivity index (χ1n) is 5.92. The first kappa shape index (κ1) is 17.0. The van der Waals surface area contributed by atoms with Crippen molar-refractivity contribution in [2.75, 3.05) is 6.61 Å². The van der Waals surface area contributed by atoms with E-state index in [2.05, 4.69) is 21.0 Å². The number of hydrogen-bond acceptors (Lipinski definition) is 8. The van der Waals surface area contributed by atoms with E-state index in [0.29, 0.717) is 0 Å². The predicted molar refractivity (Wildman–Crippen MR) is 73.7 cm³/mol. The molecule has 21 heavy (non-hydrogen) atoms. The second-order valence-corrected chi connectivity index (χ2v) is 6.38. The fourth-order valence-corrected chi connectivity index (χ4v) is 2.92. The maximum absolute atomic E-state index is 11.2. The predicted octanol–water partition coefficient (Wildman–Crippen LogP) is -2.76. The molecule has 5 N–H and O–H groups in total. The average Bonchev–Trinajstić information content (AvgIpc) is 2.60. The van der Waals surface area contributed by atoms with Gasteiger partial charge in [0.2, 0.25) is 0 Å². The van der Waals surface area contributed by atoms with Gasteiger partial charge in [-0.15, -0.1) is 0 Å². The van der Waals surface area contributed by atoms with E-state index in [1.165, 1.54) is 23.8 Å². The van der Waals surface area contributed by atoms with E-state index in [9.17, 15) is 15.0 Å². The topological polar surface area (TPSA) is 140 Å². The van der Waals surface area contributed by atoms with Crippen molar-refractivity contribution in [2.45, 2.75) is 31.0 Å². The maximum atomic E-state index is 11.2. The summed E-state index contributed by atoms with van der Waals surface area (Å²) >= 11 is 2.60. The van der Waals surface area contributed by atoms with Gasteiger partial charge in [0, 0.05) is 0 Å². The molecule has 0 bridgehead atoms. The zero-order valence-corrected chi connectivity index (χ0v) is 13.6. The van der Waals surface area contributed by atoms with Gasteiger partial charge in [0.25, 0.3) is 0 Å². The fourth-order valence-electron chi connectivity index (χ4n) is 2.10. The molecule has 2 rings (SSSR count). The average molecular weight is 383 g/mol. The van der Waals surface area contributed by atoms with Gasteiger partial charge in [0.15, 0.2) is 0 Å². The SMILES string of the molecule is C[C@@]1(O)[C@H](O)[C@@H](COP(N)O)O[C@H]1n1ccc(=O)nc1[Se]. The van der Waals surface area contributed by atoms with Crippen molar-refractivity contribution in [2.24, 2.45) is 5.50 Å². The zero-order chi connectivity index (χ0) is 15.8. The molecule has 2 heterocycles. The summed E-state index contributed by atoms with van der Waals surface area (Å²) in [5, 5.41) is 20.6. The molecule has 5 atom stereocenters. The Kier molecular flexibility index (Phi) is 5.15. The third-order valence-electron chi connectivity index (χ3n) is 3.18. The van der Waals surface area contributed by atoms with Gasteiger partial charge < -0.3 is 0 Å². The Hall–Kier alpha value is -0.411. The van der Waals surface area contributed by atoms with Gasteiger partial charge in [0.05, 0.1) is 0 Å². The molecule has 1 unspecified atom stereocenters. The summed E-state index contributed by atoms with van der Waals surface area (Å²) in [6.45, 7) is 1.22. The van der Waals surface area contributed by atoms with E-state index >= 15 is 0 Å². The summed E-state index contributed by atoms with van der Waals surface area (Å²) < 4.78 is 12.0. The quantitative estimate of drug-likeness (QED) is 0.324. The van der Waals surface area contributed by atoms with Crippen molar-refractivity contribution in [1.29, 1.82) is 0 Å². The summed E-state index contributed by atoms with van der Waals surface area (Å²) in [7, 11) is -2.08. The third kappa shape index (κ3) is 3.50. The normalized spacial score (nSPS) is 34.0. The van der Waals surface area contributed by atoms with Crippen LogP contribution in [0.3, 0.4) is 0 Å². The van der Waals surface area contributed by atoms with Crippen LogP contribution < -0.4 is 15.8 Å². The molecule has 1 aliphatic rings. The zero-order valence-electron chi connectivity index (χ0n) is 11.0. The standard InChI is InChI=1S/C10H15N3O6PSe/c1-10(16)7(15)5(4-18-20(11)17)19-8(10)13-3-2-6(14)12-9(13)21/h2-3,5,7-8,15-17H,4,11H2,1H3/t5-,7-,8-,10-,20?/m1/s1. The first-order chi connectivity index (χ1) is 9.73. The molecule has 1 saturated heterocycles. The summed E-state index contributed by atoms with van der Waals surface area (Å²) in [6.07, 6.45) is -1.73. The molecule has 1 aliphatic heterocycles. The Morgan fingerprint density at radius 1 is 1.71 bits per heavy atom. The Morgan fingerprint density at radius 2 is 2.38 bits per heavy atom. The first-order valence-corrected chi connectivity index (χ1v) is 8.06. The van der Waals surface area contributed by atoms with Crippen LogP contribution in [0.5, 0.6) is 0 Å². The van der Waals surface area contributed by atoms with Crippen molar-refractivity contribution in [3.63, 3.8) is 0 Å². The number of hydrogen-bond donors (Lipinski definition) is 4. The van der Waals surface area contributed by atoms with Gasteiger partial charge in [-0.2, -0.15) is 0 Å². The van der Waals surface area contributed by atoms with E-state index in [4.69, 9.17) is 19.7 Å². The fraction of sp³-hybridized carbons (Fsp3) is 0.600. The van der Waals surface area contributed by atoms with Crippen LogP contribution in [-0.2, 0) is 9.26 Å². The van der Waals surface area contributed by atoms with Gasteiger partial charge in [-0.1, -0.05) is 0 Å². The van der Waals surface area contributed by atoms with Crippen LogP contribution in [0.4, 0.5) is 0 Å². The number of rotatable bonds is 4. The van der Waals surface area contributed by atoms with Crippen molar-refractivity contribution >= 4 is 29.3 Å². The molecular formula is C10H15N3O6PSe. The molecule has 0 spiro atoms. The van der Waals surface area contributed by atoms with Crippen LogP contribution in [0.1, 0.15) is 13.2 Å². The third-order valence-corrected chi connectivity index (χ3v) is 4.23. The Balaban J connectivity index is 2.25. The summed E-state index contributed by atoms with van der Waals surface area (Å²) in [4.78, 5) is 23.8. The van der Waals surface area contributed by atoms with Crippen LogP contribution in [0.2, 0.25) is 0 Å². The number of nitrogens with zero attached hydrogens (tertiary/aromatic N) is 2. The second-order valence-electron chi connectivity index (χ2n) is 4.75. The van der Waals surface area contributed by atoms with Crippen LogP contribution in [0.25, 0.3) is 0 Å². The molecule has 1 aromatic heterocycles. The van der Waals surface area contributed by atoms with Crippen molar-refractivity contribution < 1.29 is 24.4 Å². The van der Waals surface area contributed by atoms with Crippen LogP contribution >= 0.6 is 8.53 Å². The van der Waals surface area contributed by atoms with Crippen molar-refractivity contribution in [1.82, 2.24) is 9.55 Å². The number of aliphatic hydroxyl groups excluding tert-OH is 1. The van der Waals surface area contributed by atoms with Crippen molar-refractivity contribution in [3.05, 3.63) is 22.6 Å². The molecule has 1 fully saturated rings. The number of nitrogens with two attached hydrogens (primary N) is 1.